The van der Waals surface area contributed by atoms with E-state index in [2.05, 4.69) is 26.1 Å². The maximum atomic E-state index is 12.6. The van der Waals surface area contributed by atoms with Gasteiger partial charge in [0, 0.05) is 22.4 Å². The predicted octanol–water partition coefficient (Wildman–Crippen LogP) is 4.21. The molecule has 0 aliphatic heterocycles. The lowest BCUT2D eigenvalue weighted by Gasteiger charge is -2.18. The molecule has 0 fully saturated rings. The Morgan fingerprint density at radius 3 is 2.47 bits per heavy atom. The number of aliphatic hydroxyl groups excluding tert-OH is 1. The van der Waals surface area contributed by atoms with Crippen LogP contribution in [0.2, 0.25) is 0 Å². The highest BCUT2D eigenvalue weighted by Crippen LogP contribution is 2.35. The fourth-order valence-electron chi connectivity index (χ4n) is 3.88. The first-order valence-electron chi connectivity index (χ1n) is 10.4. The van der Waals surface area contributed by atoms with E-state index in [0.29, 0.717) is 29.1 Å². The van der Waals surface area contributed by atoms with Crippen LogP contribution in [-0.4, -0.2) is 23.7 Å². The van der Waals surface area contributed by atoms with E-state index in [1.165, 1.54) is 0 Å². The van der Waals surface area contributed by atoms with Gasteiger partial charge in [-0.1, -0.05) is 34.6 Å². The molecule has 1 atom stereocenters. The van der Waals surface area contributed by atoms with E-state index in [9.17, 15) is 14.7 Å². The molecule has 6 heteroatoms. The summed E-state index contributed by atoms with van der Waals surface area (Å²) in [6.07, 6.45) is 2.32. The van der Waals surface area contributed by atoms with Crippen LogP contribution in [0.25, 0.3) is 21.9 Å². The van der Waals surface area contributed by atoms with Gasteiger partial charge in [-0.25, -0.2) is 4.79 Å². The highest BCUT2D eigenvalue weighted by atomic mass is 16.4. The van der Waals surface area contributed by atoms with Crippen molar-refractivity contribution in [1.82, 2.24) is 5.32 Å². The van der Waals surface area contributed by atoms with Crippen LogP contribution in [0, 0.1) is 12.8 Å². The largest absolute Gasteiger partial charge is 0.464 e. The first kappa shape index (κ1) is 22.1. The van der Waals surface area contributed by atoms with Crippen LogP contribution in [0.15, 0.2) is 32.0 Å². The maximum absolute atomic E-state index is 12.6. The van der Waals surface area contributed by atoms with Crippen molar-refractivity contribution >= 4 is 27.8 Å². The second-order valence-corrected chi connectivity index (χ2v) is 9.49. The van der Waals surface area contributed by atoms with E-state index in [1.54, 1.807) is 12.3 Å². The van der Waals surface area contributed by atoms with Gasteiger partial charge in [0.1, 0.15) is 11.2 Å². The molecule has 3 rings (SSSR count). The molecule has 2 heterocycles. The summed E-state index contributed by atoms with van der Waals surface area (Å²) >= 11 is 0. The molecule has 0 aliphatic carbocycles. The molecule has 0 unspecified atom stereocenters. The number of nitrogens with one attached hydrogen (secondary N) is 1. The number of benzene rings is 1. The number of aliphatic hydroxyl groups is 1. The van der Waals surface area contributed by atoms with Crippen molar-refractivity contribution in [2.45, 2.75) is 65.8 Å². The molecular formula is C24H31NO5. The predicted molar refractivity (Wildman–Crippen MR) is 118 cm³/mol. The van der Waals surface area contributed by atoms with Gasteiger partial charge in [-0.2, -0.15) is 0 Å². The minimum absolute atomic E-state index is 0.0890. The zero-order valence-electron chi connectivity index (χ0n) is 18.6. The SMILES string of the molecule is Cc1c(CC(=O)N[C@H](CO)CC(C)C)c(=O)oc2cc3occ(C(C)(C)C)c3cc12. The van der Waals surface area contributed by atoms with Crippen LogP contribution in [0.3, 0.4) is 0 Å². The van der Waals surface area contributed by atoms with E-state index in [4.69, 9.17) is 8.83 Å². The van der Waals surface area contributed by atoms with Crippen LogP contribution in [0.5, 0.6) is 0 Å². The Kier molecular flexibility index (Phi) is 6.09. The van der Waals surface area contributed by atoms with Crippen molar-refractivity contribution < 1.29 is 18.7 Å². The summed E-state index contributed by atoms with van der Waals surface area (Å²) in [6.45, 7) is 12.1. The van der Waals surface area contributed by atoms with Crippen molar-refractivity contribution in [2.75, 3.05) is 6.61 Å². The zero-order chi connectivity index (χ0) is 22.2. The molecule has 3 aromatic rings. The van der Waals surface area contributed by atoms with Gasteiger partial charge in [0.05, 0.1) is 30.9 Å². The van der Waals surface area contributed by atoms with Crippen molar-refractivity contribution in [3.05, 3.63) is 45.5 Å². The second kappa shape index (κ2) is 8.26. The second-order valence-electron chi connectivity index (χ2n) is 9.49. The smallest absolute Gasteiger partial charge is 0.340 e. The van der Waals surface area contributed by atoms with Crippen LogP contribution in [-0.2, 0) is 16.6 Å². The zero-order valence-corrected chi connectivity index (χ0v) is 18.6. The number of rotatable bonds is 6. The molecule has 0 spiro atoms. The van der Waals surface area contributed by atoms with Gasteiger partial charge in [0.2, 0.25) is 5.91 Å². The quantitative estimate of drug-likeness (QED) is 0.591. The summed E-state index contributed by atoms with van der Waals surface area (Å²) in [4.78, 5) is 25.1. The number of fused-ring (bicyclic) bond motifs is 2. The molecule has 0 aliphatic rings. The number of aryl methyl sites for hydroxylation is 1. The average molecular weight is 414 g/mol. The molecule has 2 aromatic heterocycles. The third kappa shape index (κ3) is 4.43. The summed E-state index contributed by atoms with van der Waals surface area (Å²) < 4.78 is 11.2. The molecule has 0 bridgehead atoms. The summed E-state index contributed by atoms with van der Waals surface area (Å²) in [5.41, 5.74) is 2.62. The number of carbonyl (C=O) groups is 1. The van der Waals surface area contributed by atoms with E-state index >= 15 is 0 Å². The lowest BCUT2D eigenvalue weighted by molar-refractivity contribution is -0.121. The Labute approximate surface area is 176 Å². The van der Waals surface area contributed by atoms with Gasteiger partial charge in [0.25, 0.3) is 0 Å². The Balaban J connectivity index is 2.00. The van der Waals surface area contributed by atoms with Crippen LogP contribution >= 0.6 is 0 Å². The number of carbonyl (C=O) groups excluding carboxylic acids is 1. The van der Waals surface area contributed by atoms with Gasteiger partial charge in [0.15, 0.2) is 0 Å². The molecule has 2 N–H and O–H groups in total. The minimum atomic E-state index is -0.526. The van der Waals surface area contributed by atoms with Gasteiger partial charge in [-0.15, -0.1) is 0 Å². The van der Waals surface area contributed by atoms with Crippen molar-refractivity contribution in [3.8, 4) is 0 Å². The Morgan fingerprint density at radius 1 is 1.17 bits per heavy atom. The summed E-state index contributed by atoms with van der Waals surface area (Å²) in [7, 11) is 0. The molecule has 0 radical (unpaired) electrons. The molecular weight excluding hydrogens is 382 g/mol. The molecule has 0 saturated heterocycles. The van der Waals surface area contributed by atoms with Gasteiger partial charge < -0.3 is 19.3 Å². The van der Waals surface area contributed by atoms with Crippen LogP contribution in [0.1, 0.15) is 57.7 Å². The molecule has 1 amide bonds. The van der Waals surface area contributed by atoms with Crippen molar-refractivity contribution in [1.29, 1.82) is 0 Å². The molecule has 0 saturated carbocycles. The molecule has 162 valence electrons. The Morgan fingerprint density at radius 2 is 1.87 bits per heavy atom. The fraction of sp³-hybridized carbons (Fsp3) is 0.500. The standard InChI is InChI=1S/C24H31NO5/c1-13(2)7-15(11-26)25-22(27)9-17-14(3)16-8-18-19(24(4,5)6)12-29-20(18)10-21(16)30-23(17)28/h8,10,12-13,15,26H,7,9,11H2,1-6H3,(H,25,27)/t15-/m0/s1. The highest BCUT2D eigenvalue weighted by Gasteiger charge is 2.22. The van der Waals surface area contributed by atoms with E-state index in [0.717, 1.165) is 21.9 Å². The van der Waals surface area contributed by atoms with Crippen molar-refractivity contribution in [2.24, 2.45) is 5.92 Å². The third-order valence-corrected chi connectivity index (χ3v) is 5.47. The van der Waals surface area contributed by atoms with E-state index in [1.807, 2.05) is 26.8 Å². The lowest BCUT2D eigenvalue weighted by atomic mass is 9.86. The Bertz CT molecular complexity index is 1130. The van der Waals surface area contributed by atoms with E-state index < -0.39 is 5.63 Å². The van der Waals surface area contributed by atoms with Crippen molar-refractivity contribution in [3.63, 3.8) is 0 Å². The Hall–Kier alpha value is -2.60. The first-order valence-corrected chi connectivity index (χ1v) is 10.4. The average Bonchev–Trinajstić information content (AvgIpc) is 3.06. The molecule has 6 nitrogen and oxygen atoms in total. The normalized spacial score (nSPS) is 13.3. The number of amides is 1. The molecule has 1 aromatic carbocycles. The third-order valence-electron chi connectivity index (χ3n) is 5.47. The monoisotopic (exact) mass is 413 g/mol. The van der Waals surface area contributed by atoms with Gasteiger partial charge in [-0.3, -0.25) is 4.79 Å². The number of furan rings is 1. The number of hydrogen-bond acceptors (Lipinski definition) is 5. The highest BCUT2D eigenvalue weighted by molar-refractivity contribution is 5.97. The minimum Gasteiger partial charge on any atom is -0.464 e. The van der Waals surface area contributed by atoms with E-state index in [-0.39, 0.29) is 30.4 Å². The first-order chi connectivity index (χ1) is 14.0. The summed E-state index contributed by atoms with van der Waals surface area (Å²) in [5.74, 6) is 0.0357. The summed E-state index contributed by atoms with van der Waals surface area (Å²) in [6, 6.07) is 3.39. The number of hydrogen-bond donors (Lipinski definition) is 2. The van der Waals surface area contributed by atoms with Gasteiger partial charge >= 0.3 is 5.63 Å². The fourth-order valence-corrected chi connectivity index (χ4v) is 3.88. The van der Waals surface area contributed by atoms with Gasteiger partial charge in [-0.05, 0) is 36.3 Å². The molecule has 30 heavy (non-hydrogen) atoms. The van der Waals surface area contributed by atoms with Crippen LogP contribution < -0.4 is 10.9 Å². The van der Waals surface area contributed by atoms with Crippen LogP contribution in [0.4, 0.5) is 0 Å². The maximum Gasteiger partial charge on any atom is 0.340 e. The lowest BCUT2D eigenvalue weighted by Crippen LogP contribution is -2.40. The summed E-state index contributed by atoms with van der Waals surface area (Å²) in [5, 5.41) is 14.1. The topological polar surface area (TPSA) is 92.7 Å².